The molecule has 3 heterocycles. The quantitative estimate of drug-likeness (QED) is 0.703. The van der Waals surface area contributed by atoms with Gasteiger partial charge in [-0.3, -0.25) is 9.30 Å². The van der Waals surface area contributed by atoms with Crippen LogP contribution in [-0.4, -0.2) is 47.2 Å². The van der Waals surface area contributed by atoms with Crippen molar-refractivity contribution in [1.29, 1.82) is 0 Å². The van der Waals surface area contributed by atoms with Crippen LogP contribution in [0.25, 0.3) is 4.96 Å². The molecular weight excluding hydrogens is 334 g/mol. The molecular formula is C19H23N3O2S. The molecule has 132 valence electrons. The standard InChI is InChI=1S/C19H23N3O2S/c1-14-18(22-8-10-25-19(22)20-14)13-21-7-9-24-17(12-21)11-15-3-5-16(23-2)6-4-15/h3-6,8,10,17H,7,9,11-13H2,1-2H3. The number of fused-ring (bicyclic) bond motifs is 1. The molecule has 0 aliphatic carbocycles. The molecule has 0 radical (unpaired) electrons. The van der Waals surface area contributed by atoms with Gasteiger partial charge in [0.25, 0.3) is 0 Å². The zero-order valence-electron chi connectivity index (χ0n) is 14.6. The van der Waals surface area contributed by atoms with Gasteiger partial charge in [0.1, 0.15) is 5.75 Å². The molecule has 1 aromatic carbocycles. The summed E-state index contributed by atoms with van der Waals surface area (Å²) < 4.78 is 13.4. The van der Waals surface area contributed by atoms with Crippen LogP contribution in [0, 0.1) is 6.92 Å². The van der Waals surface area contributed by atoms with E-state index in [4.69, 9.17) is 9.47 Å². The second-order valence-electron chi connectivity index (χ2n) is 6.48. The monoisotopic (exact) mass is 357 g/mol. The first kappa shape index (κ1) is 16.6. The molecule has 5 nitrogen and oxygen atoms in total. The number of hydrogen-bond donors (Lipinski definition) is 0. The van der Waals surface area contributed by atoms with Crippen molar-refractivity contribution in [3.05, 3.63) is 52.8 Å². The van der Waals surface area contributed by atoms with E-state index in [1.165, 1.54) is 11.3 Å². The molecule has 3 aromatic rings. The Morgan fingerprint density at radius 3 is 2.96 bits per heavy atom. The normalized spacial score (nSPS) is 18.7. The largest absolute Gasteiger partial charge is 0.497 e. The van der Waals surface area contributed by atoms with Gasteiger partial charge in [-0.2, -0.15) is 0 Å². The minimum absolute atomic E-state index is 0.230. The average Bonchev–Trinajstić information content (AvgIpc) is 3.19. The lowest BCUT2D eigenvalue weighted by atomic mass is 10.1. The van der Waals surface area contributed by atoms with E-state index in [-0.39, 0.29) is 6.10 Å². The SMILES string of the molecule is COc1ccc(CC2CN(Cc3c(C)nc4sccn34)CCO2)cc1. The Morgan fingerprint density at radius 2 is 2.16 bits per heavy atom. The van der Waals surface area contributed by atoms with Gasteiger partial charge in [-0.05, 0) is 31.0 Å². The molecule has 2 aromatic heterocycles. The highest BCUT2D eigenvalue weighted by molar-refractivity contribution is 7.15. The van der Waals surface area contributed by atoms with E-state index in [0.717, 1.165) is 49.1 Å². The van der Waals surface area contributed by atoms with E-state index in [2.05, 4.69) is 44.9 Å². The minimum Gasteiger partial charge on any atom is -0.497 e. The Hall–Kier alpha value is -1.89. The number of benzene rings is 1. The molecule has 6 heteroatoms. The summed E-state index contributed by atoms with van der Waals surface area (Å²) in [6.45, 7) is 5.72. The molecule has 0 saturated carbocycles. The zero-order chi connectivity index (χ0) is 17.2. The summed E-state index contributed by atoms with van der Waals surface area (Å²) in [7, 11) is 1.69. The average molecular weight is 357 g/mol. The summed E-state index contributed by atoms with van der Waals surface area (Å²) in [5.74, 6) is 0.894. The highest BCUT2D eigenvalue weighted by Crippen LogP contribution is 2.21. The lowest BCUT2D eigenvalue weighted by Gasteiger charge is -2.33. The summed E-state index contributed by atoms with van der Waals surface area (Å²) in [5, 5.41) is 2.09. The van der Waals surface area contributed by atoms with E-state index < -0.39 is 0 Å². The van der Waals surface area contributed by atoms with Crippen LogP contribution in [0.3, 0.4) is 0 Å². The third-order valence-electron chi connectivity index (χ3n) is 4.78. The van der Waals surface area contributed by atoms with E-state index in [1.54, 1.807) is 18.4 Å². The number of hydrogen-bond acceptors (Lipinski definition) is 5. The first-order chi connectivity index (χ1) is 12.2. The number of methoxy groups -OCH3 is 1. The number of imidazole rings is 1. The van der Waals surface area contributed by atoms with Gasteiger partial charge in [-0.25, -0.2) is 4.98 Å². The fourth-order valence-corrected chi connectivity index (χ4v) is 4.19. The van der Waals surface area contributed by atoms with E-state index in [1.807, 2.05) is 12.1 Å². The molecule has 0 amide bonds. The summed E-state index contributed by atoms with van der Waals surface area (Å²) in [6, 6.07) is 8.27. The predicted octanol–water partition coefficient (Wildman–Crippen LogP) is 3.16. The van der Waals surface area contributed by atoms with Crippen molar-refractivity contribution in [3.63, 3.8) is 0 Å². The van der Waals surface area contributed by atoms with Gasteiger partial charge < -0.3 is 9.47 Å². The molecule has 0 bridgehead atoms. The maximum Gasteiger partial charge on any atom is 0.194 e. The molecule has 1 fully saturated rings. The van der Waals surface area contributed by atoms with Crippen LogP contribution >= 0.6 is 11.3 Å². The Bertz CT molecular complexity index is 840. The van der Waals surface area contributed by atoms with E-state index in [9.17, 15) is 0 Å². The van der Waals surface area contributed by atoms with Crippen LogP contribution in [-0.2, 0) is 17.7 Å². The zero-order valence-corrected chi connectivity index (χ0v) is 15.5. The van der Waals surface area contributed by atoms with Crippen molar-refractivity contribution < 1.29 is 9.47 Å². The Morgan fingerprint density at radius 1 is 1.32 bits per heavy atom. The lowest BCUT2D eigenvalue weighted by molar-refractivity contribution is -0.0309. The molecule has 1 unspecified atom stereocenters. The summed E-state index contributed by atoms with van der Waals surface area (Å²) in [4.78, 5) is 8.21. The second-order valence-corrected chi connectivity index (χ2v) is 7.35. The van der Waals surface area contributed by atoms with Crippen LogP contribution in [0.2, 0.25) is 0 Å². The number of ether oxygens (including phenoxy) is 2. The lowest BCUT2D eigenvalue weighted by Crippen LogP contribution is -2.43. The number of nitrogens with zero attached hydrogens (tertiary/aromatic N) is 3. The first-order valence-corrected chi connectivity index (χ1v) is 9.49. The predicted molar refractivity (Wildman–Crippen MR) is 99.5 cm³/mol. The van der Waals surface area contributed by atoms with Gasteiger partial charge in [0.2, 0.25) is 0 Å². The number of aromatic nitrogens is 2. The minimum atomic E-state index is 0.230. The third-order valence-corrected chi connectivity index (χ3v) is 5.54. The van der Waals surface area contributed by atoms with Crippen LogP contribution in [0.1, 0.15) is 17.0 Å². The van der Waals surface area contributed by atoms with Gasteiger partial charge >= 0.3 is 0 Å². The molecule has 1 saturated heterocycles. The molecule has 1 aliphatic heterocycles. The van der Waals surface area contributed by atoms with E-state index >= 15 is 0 Å². The number of aryl methyl sites for hydroxylation is 1. The smallest absolute Gasteiger partial charge is 0.194 e. The highest BCUT2D eigenvalue weighted by atomic mass is 32.1. The van der Waals surface area contributed by atoms with Gasteiger partial charge in [0, 0.05) is 31.2 Å². The summed E-state index contributed by atoms with van der Waals surface area (Å²) in [6.07, 6.45) is 3.28. The molecule has 1 atom stereocenters. The van der Waals surface area contributed by atoms with Crippen LogP contribution in [0.4, 0.5) is 0 Å². The van der Waals surface area contributed by atoms with Crippen molar-refractivity contribution in [2.24, 2.45) is 0 Å². The topological polar surface area (TPSA) is 39.0 Å². The van der Waals surface area contributed by atoms with Crippen LogP contribution in [0.15, 0.2) is 35.8 Å². The number of rotatable bonds is 5. The second kappa shape index (κ2) is 7.15. The van der Waals surface area contributed by atoms with Gasteiger partial charge in [-0.1, -0.05) is 12.1 Å². The van der Waals surface area contributed by atoms with Crippen LogP contribution in [0.5, 0.6) is 5.75 Å². The summed E-state index contributed by atoms with van der Waals surface area (Å²) in [5.41, 5.74) is 3.71. The Labute approximate surface area is 151 Å². The molecule has 0 N–H and O–H groups in total. The number of morpholine rings is 1. The van der Waals surface area contributed by atoms with Crippen LogP contribution < -0.4 is 4.74 Å². The molecule has 4 rings (SSSR count). The van der Waals surface area contributed by atoms with E-state index in [0.29, 0.717) is 0 Å². The maximum atomic E-state index is 6.00. The van der Waals surface area contributed by atoms with Crippen molar-refractivity contribution in [3.8, 4) is 5.75 Å². The van der Waals surface area contributed by atoms with Crippen molar-refractivity contribution in [2.45, 2.75) is 26.0 Å². The first-order valence-electron chi connectivity index (χ1n) is 8.61. The Kier molecular flexibility index (Phi) is 4.74. The van der Waals surface area contributed by atoms with Gasteiger partial charge in [0.05, 0.1) is 31.2 Å². The third kappa shape index (κ3) is 3.56. The molecule has 1 aliphatic rings. The molecule has 0 spiro atoms. The van der Waals surface area contributed by atoms with Gasteiger partial charge in [-0.15, -0.1) is 11.3 Å². The van der Waals surface area contributed by atoms with Gasteiger partial charge in [0.15, 0.2) is 4.96 Å². The fourth-order valence-electron chi connectivity index (χ4n) is 3.42. The fraction of sp³-hybridized carbons (Fsp3) is 0.421. The highest BCUT2D eigenvalue weighted by Gasteiger charge is 2.23. The number of thiazole rings is 1. The van der Waals surface area contributed by atoms with Crippen molar-refractivity contribution in [2.75, 3.05) is 26.8 Å². The summed E-state index contributed by atoms with van der Waals surface area (Å²) >= 11 is 1.69. The Balaban J connectivity index is 1.42. The van der Waals surface area contributed by atoms with Crippen molar-refractivity contribution >= 4 is 16.3 Å². The maximum absolute atomic E-state index is 6.00. The molecule has 25 heavy (non-hydrogen) atoms. The van der Waals surface area contributed by atoms with Crippen molar-refractivity contribution in [1.82, 2.24) is 14.3 Å².